The van der Waals surface area contributed by atoms with E-state index in [0.29, 0.717) is 18.7 Å². The number of pyridine rings is 1. The van der Waals surface area contributed by atoms with Crippen molar-refractivity contribution in [3.05, 3.63) is 70.9 Å². The molecule has 0 saturated heterocycles. The number of aromatic nitrogens is 1. The summed E-state index contributed by atoms with van der Waals surface area (Å²) < 4.78 is 0.0624. The summed E-state index contributed by atoms with van der Waals surface area (Å²) >= 11 is 7.56. The molecule has 1 aromatic heterocycles. The van der Waals surface area contributed by atoms with E-state index in [1.165, 1.54) is 0 Å². The minimum absolute atomic E-state index is 0.0624. The van der Waals surface area contributed by atoms with Gasteiger partial charge in [0.1, 0.15) is 6.61 Å². The van der Waals surface area contributed by atoms with Crippen molar-refractivity contribution in [3.8, 4) is 0 Å². The van der Waals surface area contributed by atoms with E-state index < -0.39 is 0 Å². The Bertz CT molecular complexity index is 755. The number of thioether (sulfide) groups is 1. The van der Waals surface area contributed by atoms with Crippen LogP contribution < -0.4 is 10.8 Å². The number of hydrogen-bond acceptors (Lipinski definition) is 5. The molecule has 1 aliphatic rings. The average Bonchev–Trinajstić information content (AvgIpc) is 3.06. The first-order valence-electron chi connectivity index (χ1n) is 7.86. The molecule has 130 valence electrons. The zero-order chi connectivity index (χ0) is 17.5. The molecule has 25 heavy (non-hydrogen) atoms. The van der Waals surface area contributed by atoms with Crippen molar-refractivity contribution in [1.82, 2.24) is 10.5 Å². The van der Waals surface area contributed by atoms with Crippen LogP contribution in [0.2, 0.25) is 0 Å². The number of rotatable bonds is 7. The van der Waals surface area contributed by atoms with Crippen LogP contribution in [-0.4, -0.2) is 22.2 Å². The van der Waals surface area contributed by atoms with Crippen molar-refractivity contribution in [3.63, 3.8) is 0 Å². The van der Waals surface area contributed by atoms with Crippen LogP contribution in [0.15, 0.2) is 59.8 Å². The maximum Gasteiger partial charge on any atom is 0.276 e. The number of nitrogens with zero attached hydrogens (tertiary/aromatic N) is 1. The van der Waals surface area contributed by atoms with Crippen molar-refractivity contribution in [1.29, 1.82) is 0 Å². The molecule has 0 fully saturated rings. The first-order valence-corrected chi connectivity index (χ1v) is 9.17. The number of alkyl halides is 1. The number of hydroxylamine groups is 1. The predicted octanol–water partition coefficient (Wildman–Crippen LogP) is 3.94. The highest BCUT2D eigenvalue weighted by Gasteiger charge is 2.16. The second kappa shape index (κ2) is 8.89. The first-order chi connectivity index (χ1) is 12.2. The monoisotopic (exact) mass is 375 g/mol. The number of amides is 1. The summed E-state index contributed by atoms with van der Waals surface area (Å²) in [7, 11) is 0. The van der Waals surface area contributed by atoms with Gasteiger partial charge in [0.15, 0.2) is 0 Å². The number of carbonyl (C=O) groups excluding carboxylic acids is 1. The zero-order valence-corrected chi connectivity index (χ0v) is 15.0. The van der Waals surface area contributed by atoms with Crippen LogP contribution in [0.5, 0.6) is 0 Å². The van der Waals surface area contributed by atoms with Crippen LogP contribution in [0.25, 0.3) is 0 Å². The van der Waals surface area contributed by atoms with Crippen molar-refractivity contribution >= 4 is 35.0 Å². The molecule has 2 N–H and O–H groups in total. The predicted molar refractivity (Wildman–Crippen MR) is 101 cm³/mol. The van der Waals surface area contributed by atoms with Crippen LogP contribution in [0.3, 0.4) is 0 Å². The number of allylic oxidation sites excluding steroid dienone is 1. The molecule has 1 aromatic carbocycles. The highest BCUT2D eigenvalue weighted by Crippen LogP contribution is 2.34. The van der Waals surface area contributed by atoms with Gasteiger partial charge in [-0.2, -0.15) is 0 Å². The Balaban J connectivity index is 1.55. The van der Waals surface area contributed by atoms with Crippen LogP contribution in [0, 0.1) is 0 Å². The normalized spacial score (nSPS) is 16.4. The van der Waals surface area contributed by atoms with Crippen LogP contribution in [0.1, 0.15) is 22.3 Å². The lowest BCUT2D eigenvalue weighted by atomic mass is 10.1. The number of carbonyl (C=O) groups is 1. The Morgan fingerprint density at radius 3 is 2.84 bits per heavy atom. The van der Waals surface area contributed by atoms with Gasteiger partial charge in [-0.1, -0.05) is 18.2 Å². The van der Waals surface area contributed by atoms with Gasteiger partial charge < -0.3 is 5.32 Å². The van der Waals surface area contributed by atoms with Gasteiger partial charge in [-0.05, 0) is 36.2 Å². The van der Waals surface area contributed by atoms with E-state index in [9.17, 15) is 4.79 Å². The minimum atomic E-state index is -0.288. The molecule has 0 aliphatic carbocycles. The highest BCUT2D eigenvalue weighted by atomic mass is 35.5. The van der Waals surface area contributed by atoms with Crippen LogP contribution in [0.4, 0.5) is 5.69 Å². The maximum absolute atomic E-state index is 12.4. The van der Waals surface area contributed by atoms with E-state index in [2.05, 4.69) is 15.8 Å². The third-order valence-corrected chi connectivity index (χ3v) is 5.07. The summed E-state index contributed by atoms with van der Waals surface area (Å²) in [6.45, 7) is 0.931. The largest absolute Gasteiger partial charge is 0.380 e. The lowest BCUT2D eigenvalue weighted by molar-refractivity contribution is 0.0415. The summed E-state index contributed by atoms with van der Waals surface area (Å²) in [5.41, 5.74) is 4.85. The summed E-state index contributed by atoms with van der Waals surface area (Å²) in [6, 6.07) is 11.2. The van der Waals surface area contributed by atoms with E-state index in [1.54, 1.807) is 30.2 Å². The van der Waals surface area contributed by atoms with Gasteiger partial charge in [-0.25, -0.2) is 5.48 Å². The Morgan fingerprint density at radius 1 is 1.28 bits per heavy atom. The Hall–Kier alpha value is -2.02. The third-order valence-electron chi connectivity index (χ3n) is 3.59. The van der Waals surface area contributed by atoms with Crippen molar-refractivity contribution in [2.24, 2.45) is 0 Å². The van der Waals surface area contributed by atoms with Gasteiger partial charge in [0.05, 0.1) is 10.3 Å². The molecule has 2 aromatic rings. The fraction of sp³-hybridized carbons (Fsp3) is 0.222. The number of anilines is 1. The zero-order valence-electron chi connectivity index (χ0n) is 13.4. The standard InChI is InChI=1S/C18H18ClN3O2S/c19-17-6-5-14(25-17)12-24-22-18(23)15-3-1-2-4-16(15)21-11-13-7-9-20-10-8-13/h1-5,7-10,17,21H,6,11-12H2,(H,22,23). The Labute approximate surface area is 155 Å². The number of halogens is 1. The fourth-order valence-corrected chi connectivity index (χ4v) is 3.61. The van der Waals surface area contributed by atoms with Gasteiger partial charge in [0.25, 0.3) is 5.91 Å². The van der Waals surface area contributed by atoms with Gasteiger partial charge in [-0.3, -0.25) is 14.6 Å². The number of benzene rings is 1. The molecule has 1 unspecified atom stereocenters. The average molecular weight is 376 g/mol. The lowest BCUT2D eigenvalue weighted by Crippen LogP contribution is -2.25. The Kier molecular flexibility index (Phi) is 6.33. The highest BCUT2D eigenvalue weighted by molar-refractivity contribution is 8.05. The molecule has 7 heteroatoms. The molecule has 0 radical (unpaired) electrons. The van der Waals surface area contributed by atoms with Gasteiger partial charge in [0.2, 0.25) is 0 Å². The molecule has 0 bridgehead atoms. The number of nitrogens with one attached hydrogen (secondary N) is 2. The van der Waals surface area contributed by atoms with E-state index in [1.807, 2.05) is 36.4 Å². The van der Waals surface area contributed by atoms with Crippen molar-refractivity contribution < 1.29 is 9.63 Å². The number of para-hydroxylation sites is 1. The third kappa shape index (κ3) is 5.22. The van der Waals surface area contributed by atoms with Crippen molar-refractivity contribution in [2.45, 2.75) is 17.7 Å². The smallest absolute Gasteiger partial charge is 0.276 e. The molecule has 0 saturated carbocycles. The molecule has 1 atom stereocenters. The van der Waals surface area contributed by atoms with E-state index >= 15 is 0 Å². The molecule has 1 amide bonds. The lowest BCUT2D eigenvalue weighted by Gasteiger charge is -2.12. The fourth-order valence-electron chi connectivity index (χ4n) is 2.34. The first kappa shape index (κ1) is 17.8. The summed E-state index contributed by atoms with van der Waals surface area (Å²) in [5.74, 6) is -0.288. The molecular weight excluding hydrogens is 358 g/mol. The molecule has 1 aliphatic heterocycles. The van der Waals surface area contributed by atoms with E-state index in [4.69, 9.17) is 16.4 Å². The maximum atomic E-state index is 12.4. The Morgan fingerprint density at radius 2 is 2.08 bits per heavy atom. The second-order valence-electron chi connectivity index (χ2n) is 5.41. The van der Waals surface area contributed by atoms with Gasteiger partial charge >= 0.3 is 0 Å². The van der Waals surface area contributed by atoms with Crippen LogP contribution in [-0.2, 0) is 11.4 Å². The SMILES string of the molecule is O=C(NOCC1=CCC(Cl)S1)c1ccccc1NCc1ccncc1. The van der Waals surface area contributed by atoms with Gasteiger partial charge in [0, 0.05) is 29.5 Å². The molecule has 5 nitrogen and oxygen atoms in total. The van der Waals surface area contributed by atoms with Crippen molar-refractivity contribution in [2.75, 3.05) is 11.9 Å². The summed E-state index contributed by atoms with van der Waals surface area (Å²) in [5, 5.41) is 3.27. The van der Waals surface area contributed by atoms with Crippen LogP contribution >= 0.6 is 23.4 Å². The summed E-state index contributed by atoms with van der Waals surface area (Å²) in [6.07, 6.45) is 6.33. The van der Waals surface area contributed by atoms with E-state index in [0.717, 1.165) is 22.6 Å². The quantitative estimate of drug-likeness (QED) is 0.567. The molecular formula is C18H18ClN3O2S. The topological polar surface area (TPSA) is 63.2 Å². The molecule has 2 heterocycles. The molecule has 3 rings (SSSR count). The van der Waals surface area contributed by atoms with E-state index in [-0.39, 0.29) is 10.6 Å². The number of hydrogen-bond donors (Lipinski definition) is 2. The minimum Gasteiger partial charge on any atom is -0.380 e. The second-order valence-corrected chi connectivity index (χ2v) is 7.52. The van der Waals surface area contributed by atoms with Gasteiger partial charge in [-0.15, -0.1) is 23.4 Å². The summed E-state index contributed by atoms with van der Waals surface area (Å²) in [4.78, 5) is 22.7. The molecule has 0 spiro atoms.